The van der Waals surface area contributed by atoms with E-state index in [2.05, 4.69) is 31.4 Å². The van der Waals surface area contributed by atoms with Crippen LogP contribution in [0.4, 0.5) is 10.8 Å². The molecular formula is C17H23N5O2S. The molecule has 1 N–H and O–H groups in total. The predicted octanol–water partition coefficient (Wildman–Crippen LogP) is 2.00. The zero-order valence-electron chi connectivity index (χ0n) is 14.7. The Labute approximate surface area is 151 Å². The molecule has 1 unspecified atom stereocenters. The van der Waals surface area contributed by atoms with Gasteiger partial charge in [-0.05, 0) is 26.0 Å². The number of methoxy groups -OCH3 is 1. The first-order valence-electron chi connectivity index (χ1n) is 8.31. The SMILES string of the molecule is COc1ccccc1N1CCN(C(C)C(=O)Nc2nnc(C)s2)CC1. The maximum absolute atomic E-state index is 12.4. The molecule has 1 atom stereocenters. The molecule has 0 spiro atoms. The minimum absolute atomic E-state index is 0.0399. The van der Waals surface area contributed by atoms with Crippen LogP contribution in [0.5, 0.6) is 5.75 Å². The van der Waals surface area contributed by atoms with Crippen molar-refractivity contribution < 1.29 is 9.53 Å². The van der Waals surface area contributed by atoms with Gasteiger partial charge in [-0.15, -0.1) is 10.2 Å². The lowest BCUT2D eigenvalue weighted by molar-refractivity contribution is -0.120. The van der Waals surface area contributed by atoms with Crippen molar-refractivity contribution in [1.82, 2.24) is 15.1 Å². The van der Waals surface area contributed by atoms with E-state index in [1.165, 1.54) is 11.3 Å². The van der Waals surface area contributed by atoms with Crippen LogP contribution in [0.2, 0.25) is 0 Å². The minimum Gasteiger partial charge on any atom is -0.495 e. The van der Waals surface area contributed by atoms with E-state index >= 15 is 0 Å². The number of rotatable bonds is 5. The first-order valence-corrected chi connectivity index (χ1v) is 9.13. The number of aryl methyl sites for hydroxylation is 1. The molecule has 1 saturated heterocycles. The van der Waals surface area contributed by atoms with E-state index in [1.54, 1.807) is 7.11 Å². The summed E-state index contributed by atoms with van der Waals surface area (Å²) >= 11 is 1.39. The summed E-state index contributed by atoms with van der Waals surface area (Å²) in [5.74, 6) is 0.843. The van der Waals surface area contributed by atoms with E-state index in [0.29, 0.717) is 5.13 Å². The minimum atomic E-state index is -0.205. The molecule has 8 heteroatoms. The molecule has 7 nitrogen and oxygen atoms in total. The van der Waals surface area contributed by atoms with Crippen LogP contribution in [-0.2, 0) is 4.79 Å². The highest BCUT2D eigenvalue weighted by Gasteiger charge is 2.27. The summed E-state index contributed by atoms with van der Waals surface area (Å²) in [4.78, 5) is 16.9. The second-order valence-electron chi connectivity index (χ2n) is 5.99. The second-order valence-corrected chi connectivity index (χ2v) is 7.17. The highest BCUT2D eigenvalue weighted by molar-refractivity contribution is 7.15. The number of aromatic nitrogens is 2. The number of piperazine rings is 1. The number of ether oxygens (including phenoxy) is 1. The maximum atomic E-state index is 12.4. The van der Waals surface area contributed by atoms with Crippen LogP contribution in [0.1, 0.15) is 11.9 Å². The largest absolute Gasteiger partial charge is 0.495 e. The third kappa shape index (κ3) is 4.08. The highest BCUT2D eigenvalue weighted by atomic mass is 32.1. The van der Waals surface area contributed by atoms with Crippen LogP contribution < -0.4 is 15.0 Å². The van der Waals surface area contributed by atoms with Crippen LogP contribution in [0.3, 0.4) is 0 Å². The molecule has 1 aliphatic rings. The van der Waals surface area contributed by atoms with Gasteiger partial charge in [0.15, 0.2) is 0 Å². The fraction of sp³-hybridized carbons (Fsp3) is 0.471. The normalized spacial score (nSPS) is 16.5. The monoisotopic (exact) mass is 361 g/mol. The van der Waals surface area contributed by atoms with Crippen LogP contribution in [-0.4, -0.2) is 60.3 Å². The van der Waals surface area contributed by atoms with Crippen molar-refractivity contribution in [2.45, 2.75) is 19.9 Å². The molecule has 0 bridgehead atoms. The Morgan fingerprint density at radius 1 is 1.24 bits per heavy atom. The standard InChI is InChI=1S/C17H23N5O2S/c1-12(16(23)18-17-20-19-13(2)25-17)21-8-10-22(11-9-21)14-6-4-5-7-15(14)24-3/h4-7,12H,8-11H2,1-3H3,(H,18,20,23). The molecule has 1 aromatic carbocycles. The van der Waals surface area contributed by atoms with Gasteiger partial charge in [0.25, 0.3) is 0 Å². The van der Waals surface area contributed by atoms with Gasteiger partial charge in [-0.2, -0.15) is 0 Å². The molecule has 134 valence electrons. The predicted molar refractivity (Wildman–Crippen MR) is 99.5 cm³/mol. The number of para-hydroxylation sites is 2. The average Bonchev–Trinajstić information content (AvgIpc) is 3.06. The third-order valence-corrected chi connectivity index (χ3v) is 5.18. The van der Waals surface area contributed by atoms with E-state index < -0.39 is 0 Å². The lowest BCUT2D eigenvalue weighted by Gasteiger charge is -2.38. The number of anilines is 2. The lowest BCUT2D eigenvalue weighted by Crippen LogP contribution is -2.52. The van der Waals surface area contributed by atoms with Crippen molar-refractivity contribution in [1.29, 1.82) is 0 Å². The topological polar surface area (TPSA) is 70.6 Å². The Hall–Kier alpha value is -2.19. The smallest absolute Gasteiger partial charge is 0.243 e. The van der Waals surface area contributed by atoms with E-state index in [9.17, 15) is 4.79 Å². The summed E-state index contributed by atoms with van der Waals surface area (Å²) in [6.07, 6.45) is 0. The van der Waals surface area contributed by atoms with Gasteiger partial charge >= 0.3 is 0 Å². The van der Waals surface area contributed by atoms with Crippen molar-refractivity contribution in [2.24, 2.45) is 0 Å². The Morgan fingerprint density at radius 3 is 2.60 bits per heavy atom. The number of nitrogens with one attached hydrogen (secondary N) is 1. The second kappa shape index (κ2) is 7.79. The van der Waals surface area contributed by atoms with Crippen LogP contribution >= 0.6 is 11.3 Å². The number of amides is 1. The van der Waals surface area contributed by atoms with Gasteiger partial charge in [-0.1, -0.05) is 23.5 Å². The molecule has 25 heavy (non-hydrogen) atoms. The van der Waals surface area contributed by atoms with Crippen LogP contribution in [0.25, 0.3) is 0 Å². The Bertz CT molecular complexity index is 727. The number of nitrogens with zero attached hydrogens (tertiary/aromatic N) is 4. The van der Waals surface area contributed by atoms with Crippen molar-refractivity contribution in [2.75, 3.05) is 43.5 Å². The van der Waals surface area contributed by atoms with Crippen LogP contribution in [0.15, 0.2) is 24.3 Å². The summed E-state index contributed by atoms with van der Waals surface area (Å²) in [5.41, 5.74) is 1.10. The van der Waals surface area contributed by atoms with E-state index in [-0.39, 0.29) is 11.9 Å². The Morgan fingerprint density at radius 2 is 1.96 bits per heavy atom. The van der Waals surface area contributed by atoms with Crippen molar-refractivity contribution in [3.05, 3.63) is 29.3 Å². The third-order valence-electron chi connectivity index (χ3n) is 4.42. The van der Waals surface area contributed by atoms with Crippen LogP contribution in [0, 0.1) is 6.92 Å². The zero-order chi connectivity index (χ0) is 17.8. The van der Waals surface area contributed by atoms with Gasteiger partial charge < -0.3 is 9.64 Å². The Balaban J connectivity index is 1.57. The maximum Gasteiger partial charge on any atom is 0.243 e. The molecule has 0 saturated carbocycles. The molecule has 3 rings (SSSR count). The summed E-state index contributed by atoms with van der Waals surface area (Å²) < 4.78 is 5.45. The zero-order valence-corrected chi connectivity index (χ0v) is 15.5. The summed E-state index contributed by atoms with van der Waals surface area (Å²) in [6, 6.07) is 7.83. The average molecular weight is 361 g/mol. The Kier molecular flexibility index (Phi) is 5.50. The molecule has 2 aromatic rings. The molecule has 1 amide bonds. The lowest BCUT2D eigenvalue weighted by atomic mass is 10.2. The van der Waals surface area contributed by atoms with Gasteiger partial charge in [0, 0.05) is 26.2 Å². The first kappa shape index (κ1) is 17.6. The number of carbonyl (C=O) groups excluding carboxylic acids is 1. The van der Waals surface area contributed by atoms with Gasteiger partial charge in [-0.3, -0.25) is 15.0 Å². The summed E-state index contributed by atoms with van der Waals surface area (Å²) in [5, 5.41) is 12.1. The fourth-order valence-electron chi connectivity index (χ4n) is 2.96. The van der Waals surface area contributed by atoms with E-state index in [0.717, 1.165) is 42.6 Å². The van der Waals surface area contributed by atoms with Crippen molar-refractivity contribution in [3.63, 3.8) is 0 Å². The van der Waals surface area contributed by atoms with Crippen molar-refractivity contribution in [3.8, 4) is 5.75 Å². The molecule has 1 fully saturated rings. The molecule has 2 heterocycles. The van der Waals surface area contributed by atoms with E-state index in [1.807, 2.05) is 32.0 Å². The van der Waals surface area contributed by atoms with Gasteiger partial charge in [-0.25, -0.2) is 0 Å². The number of benzene rings is 1. The number of hydrogen-bond acceptors (Lipinski definition) is 7. The number of carbonyl (C=O) groups is 1. The summed E-state index contributed by atoms with van der Waals surface area (Å²) in [6.45, 7) is 7.16. The first-order chi connectivity index (χ1) is 12.1. The quantitative estimate of drug-likeness (QED) is 0.878. The molecule has 0 aliphatic carbocycles. The molecular weight excluding hydrogens is 338 g/mol. The summed E-state index contributed by atoms with van der Waals surface area (Å²) in [7, 11) is 1.69. The van der Waals surface area contributed by atoms with Gasteiger partial charge in [0.05, 0.1) is 18.8 Å². The molecule has 1 aromatic heterocycles. The van der Waals surface area contributed by atoms with Gasteiger partial charge in [0.1, 0.15) is 10.8 Å². The van der Waals surface area contributed by atoms with Crippen molar-refractivity contribution >= 4 is 28.1 Å². The number of hydrogen-bond donors (Lipinski definition) is 1. The fourth-order valence-corrected chi connectivity index (χ4v) is 3.56. The molecule has 0 radical (unpaired) electrons. The highest BCUT2D eigenvalue weighted by Crippen LogP contribution is 2.28. The molecule has 1 aliphatic heterocycles. The van der Waals surface area contributed by atoms with E-state index in [4.69, 9.17) is 4.74 Å². The van der Waals surface area contributed by atoms with Gasteiger partial charge in [0.2, 0.25) is 11.0 Å².